The zero-order valence-corrected chi connectivity index (χ0v) is 16.3. The number of carbonyl (C=O) groups excluding carboxylic acids is 1. The third-order valence-corrected chi connectivity index (χ3v) is 6.50. The molecule has 1 aromatic carbocycles. The number of aromatic nitrogens is 4. The van der Waals surface area contributed by atoms with Gasteiger partial charge in [-0.25, -0.2) is 4.98 Å². The number of aromatic amines is 1. The van der Waals surface area contributed by atoms with E-state index in [0.717, 1.165) is 48.2 Å². The molecular weight excluding hydrogens is 368 g/mol. The number of carbonyl (C=O) groups is 1. The number of nitrogens with zero attached hydrogens (tertiary/aromatic N) is 5. The molecule has 0 bridgehead atoms. The Labute approximate surface area is 168 Å². The van der Waals surface area contributed by atoms with Crippen LogP contribution < -0.4 is 0 Å². The van der Waals surface area contributed by atoms with Gasteiger partial charge in [-0.1, -0.05) is 5.16 Å². The first kappa shape index (κ1) is 17.1. The zero-order chi connectivity index (χ0) is 19.4. The first-order chi connectivity index (χ1) is 14.2. The van der Waals surface area contributed by atoms with E-state index in [0.29, 0.717) is 18.7 Å². The number of benzene rings is 1. The third kappa shape index (κ3) is 3.11. The first-order valence-electron chi connectivity index (χ1n) is 10.5. The molecule has 1 saturated carbocycles. The van der Waals surface area contributed by atoms with Crippen molar-refractivity contribution in [3.63, 3.8) is 0 Å². The quantitative estimate of drug-likeness (QED) is 0.718. The number of hydrogen-bond acceptors (Lipinski definition) is 6. The molecule has 1 amide bonds. The number of likely N-dealkylation sites (tertiary alicyclic amines) is 2. The minimum absolute atomic E-state index is 0.0351. The average Bonchev–Trinajstić information content (AvgIpc) is 3.10. The predicted molar refractivity (Wildman–Crippen MR) is 105 cm³/mol. The van der Waals surface area contributed by atoms with Crippen molar-refractivity contribution in [3.8, 4) is 0 Å². The zero-order valence-electron chi connectivity index (χ0n) is 16.3. The lowest BCUT2D eigenvalue weighted by molar-refractivity contribution is 0.0592. The molecule has 8 nitrogen and oxygen atoms in total. The molecule has 4 heterocycles. The number of fused-ring (bicyclic) bond motifs is 1. The van der Waals surface area contributed by atoms with E-state index < -0.39 is 0 Å². The molecule has 6 rings (SSSR count). The van der Waals surface area contributed by atoms with Gasteiger partial charge in [-0.15, -0.1) is 0 Å². The van der Waals surface area contributed by atoms with Crippen molar-refractivity contribution in [1.82, 2.24) is 29.9 Å². The molecule has 2 aliphatic heterocycles. The lowest BCUT2D eigenvalue weighted by atomic mass is 9.98. The van der Waals surface area contributed by atoms with Crippen LogP contribution in [0.2, 0.25) is 0 Å². The van der Waals surface area contributed by atoms with Crippen LogP contribution in [-0.2, 0) is 0 Å². The van der Waals surface area contributed by atoms with Gasteiger partial charge >= 0.3 is 0 Å². The Morgan fingerprint density at radius 1 is 1.24 bits per heavy atom. The number of amides is 1. The number of hydrogen-bond donors (Lipinski definition) is 1. The SMILES string of the molecule is O=C(c1ccc2nc[nH]c2c1)N1CC(c2noc(C3CCCN3CC3CC3)n2)C1. The summed E-state index contributed by atoms with van der Waals surface area (Å²) in [4.78, 5) is 29.1. The van der Waals surface area contributed by atoms with Crippen molar-refractivity contribution < 1.29 is 9.32 Å². The van der Waals surface area contributed by atoms with Crippen molar-refractivity contribution in [3.05, 3.63) is 41.8 Å². The fourth-order valence-corrected chi connectivity index (χ4v) is 4.56. The fraction of sp³-hybridized carbons (Fsp3) is 0.524. The molecule has 3 aliphatic rings. The van der Waals surface area contributed by atoms with Crippen LogP contribution in [0.15, 0.2) is 29.0 Å². The Morgan fingerprint density at radius 2 is 2.14 bits per heavy atom. The van der Waals surface area contributed by atoms with Crippen molar-refractivity contribution in [1.29, 1.82) is 0 Å². The van der Waals surface area contributed by atoms with Crippen LogP contribution in [-0.4, -0.2) is 62.0 Å². The lowest BCUT2D eigenvalue weighted by Crippen LogP contribution is -2.48. The molecule has 1 atom stereocenters. The monoisotopic (exact) mass is 392 g/mol. The maximum absolute atomic E-state index is 12.8. The summed E-state index contributed by atoms with van der Waals surface area (Å²) in [6.07, 6.45) is 6.65. The van der Waals surface area contributed by atoms with E-state index in [1.165, 1.54) is 19.3 Å². The largest absolute Gasteiger partial charge is 0.345 e. The number of H-pyrrole nitrogens is 1. The molecule has 3 aromatic rings. The maximum Gasteiger partial charge on any atom is 0.253 e. The van der Waals surface area contributed by atoms with Gasteiger partial charge in [-0.3, -0.25) is 9.69 Å². The molecule has 8 heteroatoms. The summed E-state index contributed by atoms with van der Waals surface area (Å²) in [5.74, 6) is 2.56. The van der Waals surface area contributed by atoms with Gasteiger partial charge in [0.05, 0.1) is 29.3 Å². The molecule has 2 aromatic heterocycles. The number of rotatable bonds is 5. The van der Waals surface area contributed by atoms with Gasteiger partial charge < -0.3 is 14.4 Å². The van der Waals surface area contributed by atoms with E-state index in [1.807, 2.05) is 23.1 Å². The Hall–Kier alpha value is -2.74. The highest BCUT2D eigenvalue weighted by Crippen LogP contribution is 2.37. The minimum Gasteiger partial charge on any atom is -0.345 e. The summed E-state index contributed by atoms with van der Waals surface area (Å²) in [6.45, 7) is 3.56. The highest BCUT2D eigenvalue weighted by molar-refractivity contribution is 5.97. The van der Waals surface area contributed by atoms with Crippen LogP contribution in [0.3, 0.4) is 0 Å². The Kier molecular flexibility index (Phi) is 3.94. The van der Waals surface area contributed by atoms with Gasteiger partial charge in [0.1, 0.15) is 0 Å². The van der Waals surface area contributed by atoms with Crippen molar-refractivity contribution in [2.75, 3.05) is 26.2 Å². The van der Waals surface area contributed by atoms with E-state index >= 15 is 0 Å². The predicted octanol–water partition coefficient (Wildman–Crippen LogP) is 2.73. The van der Waals surface area contributed by atoms with Gasteiger partial charge in [0, 0.05) is 25.2 Å². The highest BCUT2D eigenvalue weighted by Gasteiger charge is 2.38. The van der Waals surface area contributed by atoms with Crippen LogP contribution in [0.4, 0.5) is 0 Å². The van der Waals surface area contributed by atoms with Crippen LogP contribution in [0.1, 0.15) is 59.7 Å². The smallest absolute Gasteiger partial charge is 0.253 e. The Bertz CT molecular complexity index is 1050. The topological polar surface area (TPSA) is 91.2 Å². The Morgan fingerprint density at radius 3 is 3.00 bits per heavy atom. The van der Waals surface area contributed by atoms with E-state index in [-0.39, 0.29) is 17.9 Å². The molecule has 1 unspecified atom stereocenters. The molecule has 3 fully saturated rings. The number of nitrogens with one attached hydrogen (secondary N) is 1. The summed E-state index contributed by atoms with van der Waals surface area (Å²) in [6, 6.07) is 5.84. The van der Waals surface area contributed by atoms with E-state index in [2.05, 4.69) is 20.0 Å². The summed E-state index contributed by atoms with van der Waals surface area (Å²) in [5, 5.41) is 4.25. The van der Waals surface area contributed by atoms with Crippen molar-refractivity contribution in [2.45, 2.75) is 37.6 Å². The Balaban J connectivity index is 1.10. The van der Waals surface area contributed by atoms with Crippen LogP contribution in [0.5, 0.6) is 0 Å². The molecule has 0 spiro atoms. The second-order valence-corrected chi connectivity index (χ2v) is 8.63. The second-order valence-electron chi connectivity index (χ2n) is 8.63. The van der Waals surface area contributed by atoms with Crippen molar-refractivity contribution >= 4 is 16.9 Å². The molecule has 1 aliphatic carbocycles. The molecular formula is C21H24N6O2. The summed E-state index contributed by atoms with van der Waals surface area (Å²) < 4.78 is 5.64. The summed E-state index contributed by atoms with van der Waals surface area (Å²) in [5.41, 5.74) is 2.42. The van der Waals surface area contributed by atoms with Crippen molar-refractivity contribution in [2.24, 2.45) is 5.92 Å². The van der Waals surface area contributed by atoms with Crippen LogP contribution in [0, 0.1) is 5.92 Å². The van der Waals surface area contributed by atoms with Gasteiger partial charge in [0.2, 0.25) is 5.89 Å². The first-order valence-corrected chi connectivity index (χ1v) is 10.5. The average molecular weight is 392 g/mol. The maximum atomic E-state index is 12.8. The highest BCUT2D eigenvalue weighted by atomic mass is 16.5. The van der Waals surface area contributed by atoms with Gasteiger partial charge in [-0.05, 0) is 56.3 Å². The molecule has 150 valence electrons. The van der Waals surface area contributed by atoms with Gasteiger partial charge in [0.15, 0.2) is 5.82 Å². The second kappa shape index (κ2) is 6.66. The third-order valence-electron chi connectivity index (χ3n) is 6.50. The molecule has 29 heavy (non-hydrogen) atoms. The van der Waals surface area contributed by atoms with E-state index in [4.69, 9.17) is 9.51 Å². The van der Waals surface area contributed by atoms with Crippen LogP contribution in [0.25, 0.3) is 11.0 Å². The summed E-state index contributed by atoms with van der Waals surface area (Å²) in [7, 11) is 0. The number of imidazole rings is 1. The van der Waals surface area contributed by atoms with E-state index in [1.54, 1.807) is 6.33 Å². The molecule has 0 radical (unpaired) electrons. The molecule has 1 N–H and O–H groups in total. The van der Waals surface area contributed by atoms with Crippen LogP contribution >= 0.6 is 0 Å². The van der Waals surface area contributed by atoms with Gasteiger partial charge in [-0.2, -0.15) is 4.98 Å². The van der Waals surface area contributed by atoms with E-state index in [9.17, 15) is 4.79 Å². The minimum atomic E-state index is 0.0351. The normalized spacial score (nSPS) is 23.0. The standard InChI is InChI=1S/C21H24N6O2/c28-21(14-5-6-16-17(8-14)23-12-22-16)27-10-15(11-27)19-24-20(29-25-19)18-2-1-7-26(18)9-13-3-4-13/h5-6,8,12-13,15,18H,1-4,7,9-11H2,(H,22,23). The summed E-state index contributed by atoms with van der Waals surface area (Å²) >= 11 is 0. The van der Waals surface area contributed by atoms with Gasteiger partial charge in [0.25, 0.3) is 5.91 Å². The fourth-order valence-electron chi connectivity index (χ4n) is 4.56. The molecule has 2 saturated heterocycles. The lowest BCUT2D eigenvalue weighted by Gasteiger charge is -2.37.